The highest BCUT2D eigenvalue weighted by Gasteiger charge is 2.16. The maximum absolute atomic E-state index is 11.6. The van der Waals surface area contributed by atoms with Crippen LogP contribution < -0.4 is 0 Å². The summed E-state index contributed by atoms with van der Waals surface area (Å²) in [4.78, 5) is 31.8. The minimum absolute atomic E-state index is 0.141. The monoisotopic (exact) mass is 358 g/mol. The summed E-state index contributed by atoms with van der Waals surface area (Å²) in [5.74, 6) is -3.11. The number of ether oxygens (including phenoxy) is 1. The van der Waals surface area contributed by atoms with Gasteiger partial charge in [-0.3, -0.25) is 0 Å². The Morgan fingerprint density at radius 3 is 2.12 bits per heavy atom. The molecule has 0 spiro atoms. The molecule has 2 N–H and O–H groups in total. The van der Waals surface area contributed by atoms with Crippen molar-refractivity contribution < 1.29 is 29.3 Å². The summed E-state index contributed by atoms with van der Waals surface area (Å²) in [5, 5.41) is 16.6. The quantitative estimate of drug-likeness (QED) is 0.573. The van der Waals surface area contributed by atoms with E-state index >= 15 is 0 Å². The second kappa shape index (κ2) is 12.0. The Labute approximate surface area is 152 Å². The van der Waals surface area contributed by atoms with E-state index in [-0.39, 0.29) is 11.1 Å². The third kappa shape index (κ3) is 9.02. The van der Waals surface area contributed by atoms with Crippen LogP contribution in [-0.2, 0) is 19.1 Å². The highest BCUT2D eigenvalue weighted by Crippen LogP contribution is 2.18. The molecule has 6 nitrogen and oxygen atoms in total. The Morgan fingerprint density at radius 2 is 1.69 bits per heavy atom. The molecular weight excluding hydrogens is 336 g/mol. The van der Waals surface area contributed by atoms with E-state index < -0.39 is 23.8 Å². The smallest absolute Gasteiger partial charge is 0.334 e. The second-order valence-corrected chi connectivity index (χ2v) is 5.01. The fourth-order valence-electron chi connectivity index (χ4n) is 1.66. The van der Waals surface area contributed by atoms with E-state index in [2.05, 4.69) is 17.9 Å². The first kappa shape index (κ1) is 22.6. The van der Waals surface area contributed by atoms with Crippen LogP contribution in [0, 0.1) is 5.92 Å². The maximum Gasteiger partial charge on any atom is 0.334 e. The molecular formula is C20H22O6. The molecule has 138 valence electrons. The molecule has 1 aromatic carbocycles. The van der Waals surface area contributed by atoms with Gasteiger partial charge >= 0.3 is 17.9 Å². The van der Waals surface area contributed by atoms with E-state index in [0.717, 1.165) is 11.6 Å². The number of carboxylic acids is 2. The lowest BCUT2D eigenvalue weighted by molar-refractivity contribution is -0.136. The highest BCUT2D eigenvalue weighted by molar-refractivity contribution is 5.90. The molecule has 1 aromatic rings. The molecule has 0 saturated heterocycles. The van der Waals surface area contributed by atoms with Gasteiger partial charge in [0.05, 0.1) is 7.11 Å². The number of methoxy groups -OCH3 is 1. The van der Waals surface area contributed by atoms with Gasteiger partial charge in [-0.1, -0.05) is 61.7 Å². The van der Waals surface area contributed by atoms with Crippen LogP contribution in [0.3, 0.4) is 0 Å². The first-order valence-electron chi connectivity index (χ1n) is 7.50. The lowest BCUT2D eigenvalue weighted by Crippen LogP contribution is -2.12. The third-order valence-corrected chi connectivity index (χ3v) is 3.09. The standard InChI is InChI=1S/C17H18O4.C3H4O2/c1-12(16(18)19)11-15(13(2)17(20)21-3)10-9-14-7-5-4-6-8-14;1-2-3(4)5/h4-11,15H,2H2,1,3H3,(H,18,19);2H,1H2,(H,4,5). The van der Waals surface area contributed by atoms with E-state index in [4.69, 9.17) is 10.2 Å². The number of esters is 1. The van der Waals surface area contributed by atoms with E-state index in [9.17, 15) is 14.4 Å². The molecule has 0 radical (unpaired) electrons. The van der Waals surface area contributed by atoms with Crippen molar-refractivity contribution in [3.63, 3.8) is 0 Å². The number of carbonyl (C=O) groups excluding carboxylic acids is 1. The van der Waals surface area contributed by atoms with Gasteiger partial charge in [0.1, 0.15) is 0 Å². The summed E-state index contributed by atoms with van der Waals surface area (Å²) < 4.78 is 4.64. The number of allylic oxidation sites excluding steroid dienone is 2. The predicted octanol–water partition coefficient (Wildman–Crippen LogP) is 3.33. The number of rotatable bonds is 7. The third-order valence-electron chi connectivity index (χ3n) is 3.09. The van der Waals surface area contributed by atoms with Crippen molar-refractivity contribution in [3.8, 4) is 0 Å². The largest absolute Gasteiger partial charge is 0.478 e. The van der Waals surface area contributed by atoms with Gasteiger partial charge in [0.2, 0.25) is 0 Å². The van der Waals surface area contributed by atoms with Crippen LogP contribution in [0.15, 0.2) is 72.9 Å². The van der Waals surface area contributed by atoms with Crippen molar-refractivity contribution in [2.75, 3.05) is 7.11 Å². The van der Waals surface area contributed by atoms with Gasteiger partial charge in [0.15, 0.2) is 0 Å². The number of hydrogen-bond acceptors (Lipinski definition) is 4. The van der Waals surface area contributed by atoms with Crippen molar-refractivity contribution in [1.29, 1.82) is 0 Å². The van der Waals surface area contributed by atoms with Gasteiger partial charge < -0.3 is 14.9 Å². The number of carbonyl (C=O) groups is 3. The van der Waals surface area contributed by atoms with Crippen molar-refractivity contribution >= 4 is 24.0 Å². The SMILES string of the molecule is C=C(C(=O)OC)C(C=Cc1ccccc1)C=C(C)C(=O)O.C=CC(=O)O. The van der Waals surface area contributed by atoms with Crippen molar-refractivity contribution in [3.05, 3.63) is 78.4 Å². The molecule has 26 heavy (non-hydrogen) atoms. The summed E-state index contributed by atoms with van der Waals surface area (Å²) in [6.07, 6.45) is 5.84. The molecule has 0 saturated carbocycles. The zero-order valence-electron chi connectivity index (χ0n) is 14.7. The fourth-order valence-corrected chi connectivity index (χ4v) is 1.66. The molecule has 0 amide bonds. The minimum atomic E-state index is -1.04. The molecule has 1 unspecified atom stereocenters. The molecule has 0 bridgehead atoms. The zero-order chi connectivity index (χ0) is 20.1. The van der Waals surface area contributed by atoms with Gasteiger partial charge in [-0.2, -0.15) is 0 Å². The summed E-state index contributed by atoms with van der Waals surface area (Å²) in [6, 6.07) is 9.49. The number of hydrogen-bond donors (Lipinski definition) is 2. The van der Waals surface area contributed by atoms with Crippen LogP contribution in [0.4, 0.5) is 0 Å². The van der Waals surface area contributed by atoms with Gasteiger partial charge in [0, 0.05) is 23.1 Å². The summed E-state index contributed by atoms with van der Waals surface area (Å²) in [6.45, 7) is 8.12. The van der Waals surface area contributed by atoms with Gasteiger partial charge in [-0.05, 0) is 12.5 Å². The van der Waals surface area contributed by atoms with E-state index in [1.54, 1.807) is 6.08 Å². The number of aliphatic carboxylic acids is 2. The van der Waals surface area contributed by atoms with Crippen LogP contribution in [-0.4, -0.2) is 35.2 Å². The van der Waals surface area contributed by atoms with Crippen LogP contribution in [0.1, 0.15) is 12.5 Å². The normalized spacial score (nSPS) is 11.7. The lowest BCUT2D eigenvalue weighted by atomic mass is 9.96. The molecule has 0 fully saturated rings. The molecule has 0 aliphatic rings. The van der Waals surface area contributed by atoms with E-state index in [1.807, 2.05) is 36.4 Å². The Hall–Kier alpha value is -3.41. The first-order valence-corrected chi connectivity index (χ1v) is 7.50. The van der Waals surface area contributed by atoms with E-state index in [1.165, 1.54) is 20.1 Å². The van der Waals surface area contributed by atoms with Crippen molar-refractivity contribution in [2.24, 2.45) is 5.92 Å². The van der Waals surface area contributed by atoms with Crippen LogP contribution in [0.25, 0.3) is 6.08 Å². The summed E-state index contributed by atoms with van der Waals surface area (Å²) in [5.41, 5.74) is 1.27. The molecule has 6 heteroatoms. The number of benzene rings is 1. The van der Waals surface area contributed by atoms with Crippen LogP contribution in [0.5, 0.6) is 0 Å². The molecule has 1 atom stereocenters. The second-order valence-electron chi connectivity index (χ2n) is 5.01. The summed E-state index contributed by atoms with van der Waals surface area (Å²) in [7, 11) is 1.26. The van der Waals surface area contributed by atoms with Crippen LogP contribution in [0.2, 0.25) is 0 Å². The maximum atomic E-state index is 11.6. The summed E-state index contributed by atoms with van der Waals surface area (Å²) >= 11 is 0. The zero-order valence-corrected chi connectivity index (χ0v) is 14.7. The van der Waals surface area contributed by atoms with Crippen molar-refractivity contribution in [1.82, 2.24) is 0 Å². The van der Waals surface area contributed by atoms with E-state index in [0.29, 0.717) is 0 Å². The molecule has 0 aromatic heterocycles. The first-order chi connectivity index (χ1) is 12.2. The Balaban J connectivity index is 0.00000110. The number of carboxylic acid groups (broad SMARTS) is 2. The molecule has 0 heterocycles. The average Bonchev–Trinajstić information content (AvgIpc) is 2.64. The van der Waals surface area contributed by atoms with Gasteiger partial charge in [-0.15, -0.1) is 0 Å². The minimum Gasteiger partial charge on any atom is -0.478 e. The molecule has 0 aliphatic carbocycles. The Morgan fingerprint density at radius 1 is 1.15 bits per heavy atom. The molecule has 0 aliphatic heterocycles. The van der Waals surface area contributed by atoms with Gasteiger partial charge in [-0.25, -0.2) is 14.4 Å². The Bertz CT molecular complexity index is 713. The topological polar surface area (TPSA) is 101 Å². The van der Waals surface area contributed by atoms with Crippen LogP contribution >= 0.6 is 0 Å². The average molecular weight is 358 g/mol. The van der Waals surface area contributed by atoms with Crippen molar-refractivity contribution in [2.45, 2.75) is 6.92 Å². The van der Waals surface area contributed by atoms with Gasteiger partial charge in [0.25, 0.3) is 0 Å². The molecule has 1 rings (SSSR count). The lowest BCUT2D eigenvalue weighted by Gasteiger charge is -2.10. The fraction of sp³-hybridized carbons (Fsp3) is 0.150. The predicted molar refractivity (Wildman–Crippen MR) is 99.3 cm³/mol. The highest BCUT2D eigenvalue weighted by atomic mass is 16.5. The Kier molecular flexibility index (Phi) is 10.4.